The van der Waals surface area contributed by atoms with Crippen LogP contribution in [0.15, 0.2) is 0 Å². The molecule has 0 heterocycles. The molecule has 1 nitrogen and oxygen atoms in total. The lowest BCUT2D eigenvalue weighted by atomic mass is 10.1. The summed E-state index contributed by atoms with van der Waals surface area (Å²) in [6, 6.07) is 0. The van der Waals surface area contributed by atoms with Crippen molar-refractivity contribution in [3.63, 3.8) is 0 Å². The highest BCUT2D eigenvalue weighted by molar-refractivity contribution is 6.68. The SMILES string of the molecule is C[C@@H](CC(=O)Cl)C(Cl)(Cl)Cl. The van der Waals surface area contributed by atoms with Crippen LogP contribution in [0, 0.1) is 5.92 Å². The second kappa shape index (κ2) is 4.01. The molecule has 0 rings (SSSR count). The Labute approximate surface area is 79.6 Å². The summed E-state index contributed by atoms with van der Waals surface area (Å²) >= 11 is 21.4. The van der Waals surface area contributed by atoms with Gasteiger partial charge in [0.1, 0.15) is 0 Å². The van der Waals surface area contributed by atoms with Crippen molar-refractivity contribution in [1.82, 2.24) is 0 Å². The number of hydrogen-bond acceptors (Lipinski definition) is 1. The van der Waals surface area contributed by atoms with E-state index in [0.29, 0.717) is 0 Å². The fraction of sp³-hybridized carbons (Fsp3) is 0.800. The first-order chi connectivity index (χ1) is 4.34. The summed E-state index contributed by atoms with van der Waals surface area (Å²) in [5.41, 5.74) is 0. The van der Waals surface area contributed by atoms with Crippen LogP contribution in [0.1, 0.15) is 13.3 Å². The first kappa shape index (κ1) is 10.8. The molecule has 5 heteroatoms. The predicted octanol–water partition coefficient (Wildman–Crippen LogP) is 3.15. The van der Waals surface area contributed by atoms with Gasteiger partial charge in [0.25, 0.3) is 0 Å². The molecule has 10 heavy (non-hydrogen) atoms. The summed E-state index contributed by atoms with van der Waals surface area (Å²) in [5, 5.41) is -0.487. The van der Waals surface area contributed by atoms with Gasteiger partial charge in [-0.3, -0.25) is 4.79 Å². The summed E-state index contributed by atoms with van der Waals surface area (Å²) in [4.78, 5) is 10.3. The van der Waals surface area contributed by atoms with E-state index in [4.69, 9.17) is 46.4 Å². The van der Waals surface area contributed by atoms with Gasteiger partial charge in [0.15, 0.2) is 3.79 Å². The number of halogens is 4. The number of rotatable bonds is 2. The van der Waals surface area contributed by atoms with E-state index in [-0.39, 0.29) is 12.3 Å². The summed E-state index contributed by atoms with van der Waals surface area (Å²) in [6.07, 6.45) is 0.0814. The molecule has 0 N–H and O–H groups in total. The van der Waals surface area contributed by atoms with E-state index < -0.39 is 9.03 Å². The Morgan fingerprint density at radius 3 is 2.00 bits per heavy atom. The molecule has 0 aliphatic rings. The molecular formula is C5H6Cl4O. The second-order valence-electron chi connectivity index (χ2n) is 2.00. The third-order valence-corrected chi connectivity index (χ3v) is 2.30. The number of carbonyl (C=O) groups is 1. The fourth-order valence-corrected chi connectivity index (χ4v) is 0.819. The molecule has 0 bridgehead atoms. The molecule has 60 valence electrons. The van der Waals surface area contributed by atoms with Crippen molar-refractivity contribution in [3.05, 3.63) is 0 Å². The van der Waals surface area contributed by atoms with Crippen molar-refractivity contribution in [1.29, 1.82) is 0 Å². The Balaban J connectivity index is 3.85. The van der Waals surface area contributed by atoms with Gasteiger partial charge in [0.05, 0.1) is 0 Å². The fourth-order valence-electron chi connectivity index (χ4n) is 0.356. The summed E-state index contributed by atoms with van der Waals surface area (Å²) in [7, 11) is 0. The van der Waals surface area contributed by atoms with Gasteiger partial charge < -0.3 is 0 Å². The van der Waals surface area contributed by atoms with E-state index >= 15 is 0 Å². The van der Waals surface area contributed by atoms with Crippen LogP contribution in [-0.2, 0) is 4.79 Å². The van der Waals surface area contributed by atoms with Crippen molar-refractivity contribution in [3.8, 4) is 0 Å². The van der Waals surface area contributed by atoms with Crippen LogP contribution in [0.5, 0.6) is 0 Å². The van der Waals surface area contributed by atoms with E-state index in [1.807, 2.05) is 0 Å². The second-order valence-corrected chi connectivity index (χ2v) is 4.79. The Bertz CT molecular complexity index is 128. The van der Waals surface area contributed by atoms with E-state index in [9.17, 15) is 4.79 Å². The third kappa shape index (κ3) is 4.62. The Morgan fingerprint density at radius 1 is 1.50 bits per heavy atom. The van der Waals surface area contributed by atoms with Gasteiger partial charge in [-0.2, -0.15) is 0 Å². The average Bonchev–Trinajstić information content (AvgIpc) is 1.60. The standard InChI is InChI=1S/C5H6Cl4O/c1-3(2-4(6)10)5(7,8)9/h3H,2H2,1H3/t3-/m0/s1. The molecule has 0 amide bonds. The van der Waals surface area contributed by atoms with Gasteiger partial charge in [0, 0.05) is 12.3 Å². The third-order valence-electron chi connectivity index (χ3n) is 1.03. The maximum atomic E-state index is 10.3. The van der Waals surface area contributed by atoms with Crippen LogP contribution >= 0.6 is 46.4 Å². The lowest BCUT2D eigenvalue weighted by molar-refractivity contribution is -0.112. The van der Waals surface area contributed by atoms with Gasteiger partial charge in [-0.25, -0.2) is 0 Å². The highest BCUT2D eigenvalue weighted by Crippen LogP contribution is 2.36. The molecule has 0 fully saturated rings. The van der Waals surface area contributed by atoms with E-state index in [0.717, 1.165) is 0 Å². The predicted molar refractivity (Wildman–Crippen MR) is 44.9 cm³/mol. The van der Waals surface area contributed by atoms with Crippen LogP contribution in [0.4, 0.5) is 0 Å². The zero-order chi connectivity index (χ0) is 8.36. The quantitative estimate of drug-likeness (QED) is 0.520. The Hall–Kier alpha value is 0.830. The van der Waals surface area contributed by atoms with Crippen LogP contribution < -0.4 is 0 Å². The summed E-state index contributed by atoms with van der Waals surface area (Å²) in [5.74, 6) is -0.345. The zero-order valence-corrected chi connectivity index (χ0v) is 8.23. The van der Waals surface area contributed by atoms with Crippen molar-refractivity contribution >= 4 is 51.6 Å². The highest BCUT2D eigenvalue weighted by Gasteiger charge is 2.29. The minimum absolute atomic E-state index is 0.0814. The molecule has 0 aromatic rings. The first-order valence-corrected chi connectivity index (χ1v) is 4.10. The van der Waals surface area contributed by atoms with Crippen LogP contribution in [0.3, 0.4) is 0 Å². The zero-order valence-electron chi connectivity index (χ0n) is 5.20. The lowest BCUT2D eigenvalue weighted by Gasteiger charge is -2.17. The van der Waals surface area contributed by atoms with Gasteiger partial charge in [-0.1, -0.05) is 41.7 Å². The first-order valence-electron chi connectivity index (χ1n) is 2.59. The van der Waals surface area contributed by atoms with Gasteiger partial charge >= 0.3 is 0 Å². The number of carbonyl (C=O) groups excluding carboxylic acids is 1. The summed E-state index contributed by atoms with van der Waals surface area (Å²) in [6.45, 7) is 1.65. The van der Waals surface area contributed by atoms with Gasteiger partial charge in [0.2, 0.25) is 5.24 Å². The lowest BCUT2D eigenvalue weighted by Crippen LogP contribution is -2.17. The molecule has 0 aliphatic carbocycles. The molecule has 0 aromatic heterocycles. The molecule has 0 aliphatic heterocycles. The minimum Gasteiger partial charge on any atom is -0.281 e. The van der Waals surface area contributed by atoms with E-state index in [1.165, 1.54) is 0 Å². The molecule has 0 aromatic carbocycles. The molecule has 0 unspecified atom stereocenters. The van der Waals surface area contributed by atoms with Crippen molar-refractivity contribution in [2.24, 2.45) is 5.92 Å². The molecule has 0 spiro atoms. The highest BCUT2D eigenvalue weighted by atomic mass is 35.6. The molecule has 0 radical (unpaired) electrons. The molecule has 1 atom stereocenters. The van der Waals surface area contributed by atoms with Crippen molar-refractivity contribution in [2.75, 3.05) is 0 Å². The monoisotopic (exact) mass is 222 g/mol. The number of alkyl halides is 3. The van der Waals surface area contributed by atoms with Crippen molar-refractivity contribution < 1.29 is 4.79 Å². The normalized spacial score (nSPS) is 14.9. The van der Waals surface area contributed by atoms with Gasteiger partial charge in [-0.05, 0) is 11.6 Å². The van der Waals surface area contributed by atoms with Crippen LogP contribution in [0.25, 0.3) is 0 Å². The van der Waals surface area contributed by atoms with Crippen LogP contribution in [-0.4, -0.2) is 9.03 Å². The van der Waals surface area contributed by atoms with Crippen molar-refractivity contribution in [2.45, 2.75) is 17.1 Å². The minimum atomic E-state index is -1.40. The van der Waals surface area contributed by atoms with E-state index in [2.05, 4.69) is 0 Å². The van der Waals surface area contributed by atoms with E-state index in [1.54, 1.807) is 6.92 Å². The van der Waals surface area contributed by atoms with Gasteiger partial charge in [-0.15, -0.1) is 0 Å². The topological polar surface area (TPSA) is 17.1 Å². The molecule has 0 saturated carbocycles. The van der Waals surface area contributed by atoms with Crippen LogP contribution in [0.2, 0.25) is 0 Å². The molecular weight excluding hydrogens is 218 g/mol. The molecule has 0 saturated heterocycles. The summed E-state index contributed by atoms with van der Waals surface area (Å²) < 4.78 is -1.40. The average molecular weight is 224 g/mol. The number of hydrogen-bond donors (Lipinski definition) is 0. The smallest absolute Gasteiger partial charge is 0.222 e. The largest absolute Gasteiger partial charge is 0.281 e. The Morgan fingerprint density at radius 2 is 1.90 bits per heavy atom. The maximum absolute atomic E-state index is 10.3. The maximum Gasteiger partial charge on any atom is 0.222 e. The Kier molecular flexibility index (Phi) is 4.34.